The molecule has 1 aliphatic heterocycles. The minimum atomic E-state index is -0.675. The molecule has 0 aliphatic carbocycles. The Balaban J connectivity index is 2.13. The number of hydrogen-bond acceptors (Lipinski definition) is 3. The lowest BCUT2D eigenvalue weighted by Crippen LogP contribution is -2.36. The number of anilines is 1. The molecule has 0 aromatic heterocycles. The van der Waals surface area contributed by atoms with Gasteiger partial charge in [0, 0.05) is 25.1 Å². The number of benzene rings is 1. The summed E-state index contributed by atoms with van der Waals surface area (Å²) in [5, 5.41) is 0. The highest BCUT2D eigenvalue weighted by atomic mass is 32.1. The fraction of sp³-hybridized carbons (Fsp3) is 0.429. The quantitative estimate of drug-likeness (QED) is 0.830. The summed E-state index contributed by atoms with van der Waals surface area (Å²) in [6.07, 6.45) is 1.68. The summed E-state index contributed by atoms with van der Waals surface area (Å²) in [5.74, 6) is -1.51. The van der Waals surface area contributed by atoms with Gasteiger partial charge in [-0.2, -0.15) is 0 Å². The topological polar surface area (TPSA) is 72.4 Å². The third kappa shape index (κ3) is 3.66. The van der Waals surface area contributed by atoms with Crippen molar-refractivity contribution >= 4 is 28.8 Å². The van der Waals surface area contributed by atoms with Crippen LogP contribution in [0.1, 0.15) is 24.8 Å². The second-order valence-electron chi connectivity index (χ2n) is 5.25. The van der Waals surface area contributed by atoms with Crippen LogP contribution in [0.25, 0.3) is 0 Å². The average molecular weight is 313 g/mol. The Kier molecular flexibility index (Phi) is 4.72. The van der Waals surface area contributed by atoms with Crippen LogP contribution in [-0.4, -0.2) is 24.0 Å². The van der Waals surface area contributed by atoms with Gasteiger partial charge in [-0.15, -0.1) is 0 Å². The lowest BCUT2D eigenvalue weighted by Gasteiger charge is -2.33. The van der Waals surface area contributed by atoms with Crippen LogP contribution in [0.3, 0.4) is 0 Å². The first-order valence-electron chi connectivity index (χ1n) is 6.70. The number of nitrogens with two attached hydrogens (primary N) is 2. The van der Waals surface area contributed by atoms with Crippen LogP contribution in [0.5, 0.6) is 0 Å². The number of thiocarbonyl (C=S) groups is 1. The molecule has 1 aromatic carbocycles. The molecule has 1 heterocycles. The van der Waals surface area contributed by atoms with Crippen molar-refractivity contribution in [3.63, 3.8) is 0 Å². The number of amides is 1. The molecule has 0 radical (unpaired) electrons. The molecule has 1 aliphatic rings. The fourth-order valence-electron chi connectivity index (χ4n) is 2.66. The van der Waals surface area contributed by atoms with Gasteiger partial charge in [-0.3, -0.25) is 4.79 Å². The molecule has 1 saturated heterocycles. The Hall–Kier alpha value is -1.76. The summed E-state index contributed by atoms with van der Waals surface area (Å²) < 4.78 is 28.2. The number of piperidine rings is 1. The van der Waals surface area contributed by atoms with Gasteiger partial charge in [-0.05, 0) is 30.9 Å². The van der Waals surface area contributed by atoms with Crippen molar-refractivity contribution in [3.8, 4) is 0 Å². The number of halogens is 2. The summed E-state index contributed by atoms with van der Waals surface area (Å²) in [6.45, 7) is 0.969. The van der Waals surface area contributed by atoms with Crippen LogP contribution in [0.15, 0.2) is 12.1 Å². The predicted octanol–water partition coefficient (Wildman–Crippen LogP) is 1.69. The van der Waals surface area contributed by atoms with E-state index in [4.69, 9.17) is 23.7 Å². The molecule has 1 amide bonds. The number of rotatable bonds is 4. The third-order valence-electron chi connectivity index (χ3n) is 3.72. The Morgan fingerprint density at radius 3 is 2.19 bits per heavy atom. The zero-order chi connectivity index (χ0) is 15.6. The van der Waals surface area contributed by atoms with E-state index in [0.29, 0.717) is 32.4 Å². The predicted molar refractivity (Wildman–Crippen MR) is 81.0 cm³/mol. The van der Waals surface area contributed by atoms with E-state index in [1.54, 1.807) is 4.90 Å². The summed E-state index contributed by atoms with van der Waals surface area (Å²) in [4.78, 5) is 12.5. The van der Waals surface area contributed by atoms with Crippen molar-refractivity contribution in [1.29, 1.82) is 0 Å². The van der Waals surface area contributed by atoms with E-state index in [2.05, 4.69) is 0 Å². The third-order valence-corrected chi connectivity index (χ3v) is 3.96. The van der Waals surface area contributed by atoms with Crippen LogP contribution >= 0.6 is 12.2 Å². The van der Waals surface area contributed by atoms with Crippen LogP contribution in [0.4, 0.5) is 14.5 Å². The molecule has 2 rings (SSSR count). The van der Waals surface area contributed by atoms with E-state index in [1.165, 1.54) is 0 Å². The van der Waals surface area contributed by atoms with E-state index < -0.39 is 11.6 Å². The van der Waals surface area contributed by atoms with Crippen LogP contribution in [0, 0.1) is 17.6 Å². The van der Waals surface area contributed by atoms with Gasteiger partial charge in [0.05, 0.1) is 0 Å². The molecule has 7 heteroatoms. The van der Waals surface area contributed by atoms with Crippen molar-refractivity contribution in [3.05, 3.63) is 29.3 Å². The maximum absolute atomic E-state index is 14.1. The zero-order valence-corrected chi connectivity index (χ0v) is 12.3. The van der Waals surface area contributed by atoms with E-state index in [1.807, 2.05) is 0 Å². The smallest absolute Gasteiger partial charge is 0.217 e. The van der Waals surface area contributed by atoms with Gasteiger partial charge in [0.2, 0.25) is 5.91 Å². The molecule has 0 bridgehead atoms. The van der Waals surface area contributed by atoms with Gasteiger partial charge in [-0.25, -0.2) is 8.78 Å². The molecule has 1 fully saturated rings. The van der Waals surface area contributed by atoms with Gasteiger partial charge in [0.15, 0.2) is 0 Å². The van der Waals surface area contributed by atoms with Gasteiger partial charge in [0.1, 0.15) is 22.3 Å². The van der Waals surface area contributed by atoms with Crippen molar-refractivity contribution < 1.29 is 13.6 Å². The molecule has 4 N–H and O–H groups in total. The molecule has 0 saturated carbocycles. The summed E-state index contributed by atoms with van der Waals surface area (Å²) in [5.41, 5.74) is 10.7. The van der Waals surface area contributed by atoms with Crippen molar-refractivity contribution in [2.24, 2.45) is 17.4 Å². The number of carbonyl (C=O) groups is 1. The number of hydrogen-bond donors (Lipinski definition) is 2. The summed E-state index contributed by atoms with van der Waals surface area (Å²) in [6, 6.07) is 2.30. The maximum Gasteiger partial charge on any atom is 0.217 e. The molecule has 1 aromatic rings. The average Bonchev–Trinajstić information content (AvgIpc) is 2.39. The lowest BCUT2D eigenvalue weighted by atomic mass is 9.93. The number of carbonyl (C=O) groups excluding carboxylic acids is 1. The monoisotopic (exact) mass is 313 g/mol. The molecule has 21 heavy (non-hydrogen) atoms. The lowest BCUT2D eigenvalue weighted by molar-refractivity contribution is -0.119. The van der Waals surface area contributed by atoms with Gasteiger partial charge >= 0.3 is 0 Å². The zero-order valence-electron chi connectivity index (χ0n) is 11.4. The SMILES string of the molecule is NC(=O)CC1CCN(c2c(F)cc(C(N)=S)cc2F)CC1. The normalized spacial score (nSPS) is 16.0. The first-order chi connectivity index (χ1) is 9.88. The molecule has 0 spiro atoms. The first kappa shape index (κ1) is 15.6. The van der Waals surface area contributed by atoms with Crippen LogP contribution in [-0.2, 0) is 4.79 Å². The Morgan fingerprint density at radius 2 is 1.76 bits per heavy atom. The van der Waals surface area contributed by atoms with E-state index >= 15 is 0 Å². The van der Waals surface area contributed by atoms with E-state index in [-0.39, 0.29) is 28.1 Å². The molecular weight excluding hydrogens is 296 g/mol. The fourth-order valence-corrected chi connectivity index (χ4v) is 2.77. The summed E-state index contributed by atoms with van der Waals surface area (Å²) >= 11 is 4.72. The molecule has 0 atom stereocenters. The number of nitrogens with zero attached hydrogens (tertiary/aromatic N) is 1. The molecule has 4 nitrogen and oxygen atoms in total. The molecule has 0 unspecified atom stereocenters. The second kappa shape index (κ2) is 6.34. The Morgan fingerprint density at radius 1 is 1.24 bits per heavy atom. The van der Waals surface area contributed by atoms with Crippen molar-refractivity contribution in [2.45, 2.75) is 19.3 Å². The van der Waals surface area contributed by atoms with E-state index in [0.717, 1.165) is 12.1 Å². The maximum atomic E-state index is 14.1. The van der Waals surface area contributed by atoms with Gasteiger partial charge in [0.25, 0.3) is 0 Å². The Bertz CT molecular complexity index is 548. The highest BCUT2D eigenvalue weighted by Gasteiger charge is 2.25. The first-order valence-corrected chi connectivity index (χ1v) is 7.11. The minimum absolute atomic E-state index is 0.0421. The van der Waals surface area contributed by atoms with Crippen LogP contribution < -0.4 is 16.4 Å². The summed E-state index contributed by atoms with van der Waals surface area (Å²) in [7, 11) is 0. The van der Waals surface area contributed by atoms with Crippen LogP contribution in [0.2, 0.25) is 0 Å². The molecular formula is C14H17F2N3OS. The molecule has 114 valence electrons. The highest BCUT2D eigenvalue weighted by Crippen LogP contribution is 2.30. The van der Waals surface area contributed by atoms with Crippen molar-refractivity contribution in [2.75, 3.05) is 18.0 Å². The minimum Gasteiger partial charge on any atom is -0.389 e. The highest BCUT2D eigenvalue weighted by molar-refractivity contribution is 7.80. The standard InChI is InChI=1S/C14H17F2N3OS/c15-10-6-9(14(18)21)7-11(16)13(10)19-3-1-8(2-4-19)5-12(17)20/h6-8H,1-5H2,(H2,17,20)(H2,18,21). The van der Waals surface area contributed by atoms with E-state index in [9.17, 15) is 13.6 Å². The Labute approximate surface area is 127 Å². The van der Waals surface area contributed by atoms with Gasteiger partial charge in [-0.1, -0.05) is 12.2 Å². The van der Waals surface area contributed by atoms with Crippen molar-refractivity contribution in [1.82, 2.24) is 0 Å². The largest absolute Gasteiger partial charge is 0.389 e. The van der Waals surface area contributed by atoms with Gasteiger partial charge < -0.3 is 16.4 Å². The number of primary amides is 1. The second-order valence-corrected chi connectivity index (χ2v) is 5.69.